The van der Waals surface area contributed by atoms with E-state index in [1.54, 1.807) is 19.4 Å². The van der Waals surface area contributed by atoms with Crippen LogP contribution < -0.4 is 4.74 Å². The van der Waals surface area contributed by atoms with Crippen LogP contribution in [0.25, 0.3) is 10.9 Å². The molecule has 0 aliphatic heterocycles. The van der Waals surface area contributed by atoms with Crippen LogP contribution in [0.1, 0.15) is 21.6 Å². The van der Waals surface area contributed by atoms with E-state index >= 15 is 0 Å². The van der Waals surface area contributed by atoms with Gasteiger partial charge < -0.3 is 9.84 Å². The normalized spacial score (nSPS) is 10.6. The van der Waals surface area contributed by atoms with Crippen molar-refractivity contribution in [1.82, 2.24) is 9.97 Å². The van der Waals surface area contributed by atoms with Gasteiger partial charge in [0.25, 0.3) is 0 Å². The lowest BCUT2D eigenvalue weighted by atomic mass is 10.1. The minimum absolute atomic E-state index is 0.245. The number of fused-ring (bicyclic) bond motifs is 1. The van der Waals surface area contributed by atoms with Gasteiger partial charge in [-0.05, 0) is 35.9 Å². The first-order chi connectivity index (χ1) is 10.7. The predicted octanol–water partition coefficient (Wildman–Crippen LogP) is 2.93. The van der Waals surface area contributed by atoms with E-state index in [9.17, 15) is 4.79 Å². The Morgan fingerprint density at radius 1 is 1.18 bits per heavy atom. The lowest BCUT2D eigenvalue weighted by molar-refractivity contribution is 0.0696. The van der Waals surface area contributed by atoms with E-state index in [0.717, 1.165) is 22.2 Å². The number of carbonyl (C=O) groups is 1. The van der Waals surface area contributed by atoms with Gasteiger partial charge in [-0.15, -0.1) is 0 Å². The summed E-state index contributed by atoms with van der Waals surface area (Å²) in [6.45, 7) is 0. The zero-order valence-electron chi connectivity index (χ0n) is 12.0. The highest BCUT2D eigenvalue weighted by molar-refractivity contribution is 5.87. The Bertz CT molecular complexity index is 846. The third-order valence-corrected chi connectivity index (χ3v) is 3.41. The van der Waals surface area contributed by atoms with E-state index in [1.165, 1.54) is 12.3 Å². The van der Waals surface area contributed by atoms with Crippen LogP contribution in [-0.2, 0) is 6.42 Å². The summed E-state index contributed by atoms with van der Waals surface area (Å²) in [6.07, 6.45) is 3.76. The number of methoxy groups -OCH3 is 1. The maximum atomic E-state index is 11.0. The second-order valence-corrected chi connectivity index (χ2v) is 4.92. The summed E-state index contributed by atoms with van der Waals surface area (Å²) < 4.78 is 5.18. The van der Waals surface area contributed by atoms with Gasteiger partial charge in [-0.1, -0.05) is 6.07 Å². The molecule has 2 heterocycles. The van der Waals surface area contributed by atoms with Crippen LogP contribution in [0.15, 0.2) is 48.8 Å². The van der Waals surface area contributed by atoms with Gasteiger partial charge >= 0.3 is 5.97 Å². The molecule has 3 aromatic rings. The monoisotopic (exact) mass is 294 g/mol. The summed E-state index contributed by atoms with van der Waals surface area (Å²) in [5.41, 5.74) is 2.89. The molecule has 0 amide bonds. The SMILES string of the molecule is COc1cnc2ccc(Cc3cc(C(=O)O)ccn3)cc2c1. The Kier molecular flexibility index (Phi) is 3.70. The van der Waals surface area contributed by atoms with Gasteiger partial charge in [-0.3, -0.25) is 9.97 Å². The highest BCUT2D eigenvalue weighted by Gasteiger charge is 2.06. The maximum Gasteiger partial charge on any atom is 0.335 e. The first-order valence-corrected chi connectivity index (χ1v) is 6.76. The van der Waals surface area contributed by atoms with Crippen molar-refractivity contribution in [2.75, 3.05) is 7.11 Å². The molecule has 0 saturated heterocycles. The van der Waals surface area contributed by atoms with Crippen molar-refractivity contribution in [2.45, 2.75) is 6.42 Å². The summed E-state index contributed by atoms with van der Waals surface area (Å²) in [7, 11) is 1.61. The number of benzene rings is 1. The minimum atomic E-state index is -0.948. The van der Waals surface area contributed by atoms with Gasteiger partial charge in [0, 0.05) is 23.7 Å². The van der Waals surface area contributed by atoms with Gasteiger partial charge in [0.1, 0.15) is 5.75 Å². The minimum Gasteiger partial charge on any atom is -0.495 e. The van der Waals surface area contributed by atoms with Gasteiger partial charge in [0.2, 0.25) is 0 Å². The fraction of sp³-hybridized carbons (Fsp3) is 0.118. The standard InChI is InChI=1S/C17H14N2O3/c1-22-15-9-13-6-11(2-3-16(13)19-10-15)7-14-8-12(17(20)21)4-5-18-14/h2-6,8-10H,7H2,1H3,(H,20,21). The number of carboxylic acids is 1. The lowest BCUT2D eigenvalue weighted by Crippen LogP contribution is -2.00. The summed E-state index contributed by atoms with van der Waals surface area (Å²) in [4.78, 5) is 19.5. The largest absolute Gasteiger partial charge is 0.495 e. The first kappa shape index (κ1) is 14.0. The first-order valence-electron chi connectivity index (χ1n) is 6.76. The summed E-state index contributed by atoms with van der Waals surface area (Å²) in [5.74, 6) is -0.244. The number of hydrogen-bond donors (Lipinski definition) is 1. The fourth-order valence-corrected chi connectivity index (χ4v) is 2.30. The Morgan fingerprint density at radius 2 is 2.05 bits per heavy atom. The van der Waals surface area contributed by atoms with Crippen molar-refractivity contribution < 1.29 is 14.6 Å². The van der Waals surface area contributed by atoms with Crippen molar-refractivity contribution >= 4 is 16.9 Å². The molecule has 0 saturated carbocycles. The lowest BCUT2D eigenvalue weighted by Gasteiger charge is -2.06. The molecule has 1 N–H and O–H groups in total. The molecule has 2 aromatic heterocycles. The topological polar surface area (TPSA) is 72.3 Å². The molecule has 0 unspecified atom stereocenters. The van der Waals surface area contributed by atoms with E-state index in [-0.39, 0.29) is 5.56 Å². The van der Waals surface area contributed by atoms with E-state index in [1.807, 2.05) is 24.3 Å². The molecular formula is C17H14N2O3. The quantitative estimate of drug-likeness (QED) is 0.801. The number of hydrogen-bond acceptors (Lipinski definition) is 4. The summed E-state index contributed by atoms with van der Waals surface area (Å²) in [6, 6.07) is 10.9. The van der Waals surface area contributed by atoms with Crippen molar-refractivity contribution in [3.63, 3.8) is 0 Å². The van der Waals surface area contributed by atoms with Gasteiger partial charge in [-0.25, -0.2) is 4.79 Å². The van der Waals surface area contributed by atoms with E-state index in [2.05, 4.69) is 9.97 Å². The number of aromatic carboxylic acids is 1. The van der Waals surface area contributed by atoms with Crippen LogP contribution in [0.5, 0.6) is 5.75 Å². The van der Waals surface area contributed by atoms with Crippen LogP contribution in [0.3, 0.4) is 0 Å². The molecule has 0 aliphatic carbocycles. The summed E-state index contributed by atoms with van der Waals surface area (Å²) in [5, 5.41) is 10.0. The smallest absolute Gasteiger partial charge is 0.335 e. The van der Waals surface area contributed by atoms with Gasteiger partial charge in [0.15, 0.2) is 0 Å². The molecule has 1 aromatic carbocycles. The van der Waals surface area contributed by atoms with E-state index < -0.39 is 5.97 Å². The van der Waals surface area contributed by atoms with Crippen LogP contribution in [0.2, 0.25) is 0 Å². The Balaban J connectivity index is 1.93. The molecule has 5 nitrogen and oxygen atoms in total. The number of nitrogens with zero attached hydrogens (tertiary/aromatic N) is 2. The summed E-state index contributed by atoms with van der Waals surface area (Å²) >= 11 is 0. The predicted molar refractivity (Wildman–Crippen MR) is 82.3 cm³/mol. The number of ether oxygens (including phenoxy) is 1. The van der Waals surface area contributed by atoms with Crippen LogP contribution in [0, 0.1) is 0 Å². The van der Waals surface area contributed by atoms with Gasteiger partial charge in [-0.2, -0.15) is 0 Å². The molecule has 0 fully saturated rings. The molecular weight excluding hydrogens is 280 g/mol. The highest BCUT2D eigenvalue weighted by atomic mass is 16.5. The molecule has 0 radical (unpaired) electrons. The number of aromatic nitrogens is 2. The zero-order valence-corrected chi connectivity index (χ0v) is 12.0. The highest BCUT2D eigenvalue weighted by Crippen LogP contribution is 2.20. The van der Waals surface area contributed by atoms with Crippen molar-refractivity contribution in [3.8, 4) is 5.75 Å². The van der Waals surface area contributed by atoms with E-state index in [4.69, 9.17) is 9.84 Å². The average molecular weight is 294 g/mol. The average Bonchev–Trinajstić information content (AvgIpc) is 2.54. The second-order valence-electron chi connectivity index (χ2n) is 4.92. The fourth-order valence-electron chi connectivity index (χ4n) is 2.30. The van der Waals surface area contributed by atoms with Gasteiger partial charge in [0.05, 0.1) is 24.4 Å². The van der Waals surface area contributed by atoms with Crippen molar-refractivity contribution in [3.05, 3.63) is 65.6 Å². The van der Waals surface area contributed by atoms with Crippen molar-refractivity contribution in [2.24, 2.45) is 0 Å². The Labute approximate surface area is 127 Å². The maximum absolute atomic E-state index is 11.0. The molecule has 0 bridgehead atoms. The Hall–Kier alpha value is -2.95. The molecule has 110 valence electrons. The number of carboxylic acid groups (broad SMARTS) is 1. The third kappa shape index (κ3) is 2.88. The molecule has 5 heteroatoms. The zero-order chi connectivity index (χ0) is 15.5. The van der Waals surface area contributed by atoms with E-state index in [0.29, 0.717) is 12.2 Å². The number of rotatable bonds is 4. The Morgan fingerprint density at radius 3 is 2.82 bits per heavy atom. The molecule has 22 heavy (non-hydrogen) atoms. The van der Waals surface area contributed by atoms with Crippen LogP contribution in [-0.4, -0.2) is 28.2 Å². The number of pyridine rings is 2. The van der Waals surface area contributed by atoms with Crippen molar-refractivity contribution in [1.29, 1.82) is 0 Å². The second kappa shape index (κ2) is 5.81. The molecule has 0 atom stereocenters. The molecule has 0 spiro atoms. The van der Waals surface area contributed by atoms with Crippen LogP contribution in [0.4, 0.5) is 0 Å². The third-order valence-electron chi connectivity index (χ3n) is 3.41. The molecule has 0 aliphatic rings. The molecule has 3 rings (SSSR count). The van der Waals surface area contributed by atoms with Crippen LogP contribution >= 0.6 is 0 Å².